The van der Waals surface area contributed by atoms with Gasteiger partial charge in [0.25, 0.3) is 0 Å². The van der Waals surface area contributed by atoms with Gasteiger partial charge in [0.15, 0.2) is 0 Å². The lowest BCUT2D eigenvalue weighted by atomic mass is 10.1. The van der Waals surface area contributed by atoms with Crippen molar-refractivity contribution >= 4 is 5.97 Å². The Morgan fingerprint density at radius 1 is 0.933 bits per heavy atom. The van der Waals surface area contributed by atoms with Crippen LogP contribution in [0, 0.1) is 6.92 Å². The molecule has 0 saturated heterocycles. The minimum Gasteiger partial charge on any atom is -0.466 e. The van der Waals surface area contributed by atoms with Crippen LogP contribution in [0.25, 0.3) is 0 Å². The van der Waals surface area contributed by atoms with Crippen LogP contribution >= 0.6 is 0 Å². The third-order valence-corrected chi connectivity index (χ3v) is 2.45. The van der Waals surface area contributed by atoms with Crippen molar-refractivity contribution in [3.63, 3.8) is 0 Å². The van der Waals surface area contributed by atoms with E-state index >= 15 is 0 Å². The van der Waals surface area contributed by atoms with E-state index in [0.717, 1.165) is 12.8 Å². The number of carbonyl (C=O) groups is 1. The molecule has 0 rings (SSSR count). The van der Waals surface area contributed by atoms with Crippen LogP contribution in [0.1, 0.15) is 64.7 Å². The number of hydrogen-bond acceptors (Lipinski definition) is 2. The smallest absolute Gasteiger partial charge is 0.302 e. The molecule has 0 N–H and O–H groups in total. The van der Waals surface area contributed by atoms with Crippen LogP contribution < -0.4 is 0 Å². The highest BCUT2D eigenvalue weighted by atomic mass is 16.5. The normalized spacial score (nSPS) is 10.3. The van der Waals surface area contributed by atoms with E-state index in [4.69, 9.17) is 4.74 Å². The Morgan fingerprint density at radius 3 is 1.87 bits per heavy atom. The average molecular weight is 213 g/mol. The van der Waals surface area contributed by atoms with Crippen molar-refractivity contribution in [3.05, 3.63) is 6.92 Å². The van der Waals surface area contributed by atoms with Gasteiger partial charge < -0.3 is 4.74 Å². The maximum Gasteiger partial charge on any atom is 0.302 e. The number of ether oxygens (including phenoxy) is 1. The molecule has 89 valence electrons. The van der Waals surface area contributed by atoms with Gasteiger partial charge in [0, 0.05) is 6.92 Å². The maximum atomic E-state index is 10.5. The molecule has 0 aliphatic rings. The first-order valence-electron chi connectivity index (χ1n) is 6.20. The fraction of sp³-hybridized carbons (Fsp3) is 0.846. The van der Waals surface area contributed by atoms with Crippen LogP contribution in [-0.4, -0.2) is 12.6 Å². The van der Waals surface area contributed by atoms with Gasteiger partial charge in [-0.3, -0.25) is 4.79 Å². The second-order valence-electron chi connectivity index (χ2n) is 4.02. The molecule has 0 spiro atoms. The number of esters is 1. The summed E-state index contributed by atoms with van der Waals surface area (Å²) in [5.41, 5.74) is 0. The zero-order valence-electron chi connectivity index (χ0n) is 10.1. The topological polar surface area (TPSA) is 26.3 Å². The van der Waals surface area contributed by atoms with E-state index in [1.807, 2.05) is 0 Å². The average Bonchev–Trinajstić information content (AvgIpc) is 2.20. The van der Waals surface area contributed by atoms with Crippen LogP contribution in [0.15, 0.2) is 0 Å². The van der Waals surface area contributed by atoms with Crippen LogP contribution in [0.5, 0.6) is 0 Å². The quantitative estimate of drug-likeness (QED) is 0.406. The Kier molecular flexibility index (Phi) is 11.1. The first-order chi connectivity index (χ1) is 7.27. The van der Waals surface area contributed by atoms with Crippen molar-refractivity contribution in [2.75, 3.05) is 6.61 Å². The predicted octanol–water partition coefficient (Wildman–Crippen LogP) is 3.89. The Balaban J connectivity index is 2.89. The van der Waals surface area contributed by atoms with Gasteiger partial charge >= 0.3 is 5.97 Å². The van der Waals surface area contributed by atoms with Crippen molar-refractivity contribution in [2.45, 2.75) is 64.7 Å². The van der Waals surface area contributed by atoms with Gasteiger partial charge in [-0.05, 0) is 6.42 Å². The van der Waals surface area contributed by atoms with Crippen molar-refractivity contribution in [1.29, 1.82) is 0 Å². The van der Waals surface area contributed by atoms with E-state index in [2.05, 4.69) is 6.92 Å². The molecule has 1 radical (unpaired) electrons. The van der Waals surface area contributed by atoms with E-state index in [9.17, 15) is 4.79 Å². The van der Waals surface area contributed by atoms with Crippen LogP contribution in [0.3, 0.4) is 0 Å². The van der Waals surface area contributed by atoms with Crippen molar-refractivity contribution in [2.24, 2.45) is 0 Å². The Bertz CT molecular complexity index is 143. The zero-order chi connectivity index (χ0) is 11.4. The molecule has 0 amide bonds. The van der Waals surface area contributed by atoms with Crippen molar-refractivity contribution < 1.29 is 9.53 Å². The first kappa shape index (κ1) is 14.5. The van der Waals surface area contributed by atoms with Crippen molar-refractivity contribution in [1.82, 2.24) is 0 Å². The number of rotatable bonds is 10. The van der Waals surface area contributed by atoms with Gasteiger partial charge in [0.2, 0.25) is 0 Å². The van der Waals surface area contributed by atoms with Gasteiger partial charge in [-0.1, -0.05) is 58.3 Å². The fourth-order valence-electron chi connectivity index (χ4n) is 1.56. The van der Waals surface area contributed by atoms with E-state index in [1.54, 1.807) is 0 Å². The summed E-state index contributed by atoms with van der Waals surface area (Å²) >= 11 is 0. The minimum atomic E-state index is -0.164. The molecular formula is C13H25O2. The molecule has 0 aromatic heterocycles. The Hall–Kier alpha value is -0.530. The number of carbonyl (C=O) groups excluding carboxylic acids is 1. The SMILES string of the molecule is [CH2]CCCCCCCCCCOC(C)=O. The molecule has 0 unspecified atom stereocenters. The summed E-state index contributed by atoms with van der Waals surface area (Å²) in [6.07, 6.45) is 11.1. The van der Waals surface area contributed by atoms with Gasteiger partial charge in [-0.25, -0.2) is 0 Å². The largest absolute Gasteiger partial charge is 0.466 e. The van der Waals surface area contributed by atoms with E-state index in [-0.39, 0.29) is 5.97 Å². The highest BCUT2D eigenvalue weighted by molar-refractivity contribution is 5.65. The summed E-state index contributed by atoms with van der Waals surface area (Å²) in [7, 11) is 0. The lowest BCUT2D eigenvalue weighted by Crippen LogP contribution is -1.99. The van der Waals surface area contributed by atoms with Gasteiger partial charge in [-0.15, -0.1) is 0 Å². The first-order valence-corrected chi connectivity index (χ1v) is 6.20. The summed E-state index contributed by atoms with van der Waals surface area (Å²) in [6, 6.07) is 0. The standard InChI is InChI=1S/C13H25O2/c1-3-4-5-6-7-8-9-10-11-12-15-13(2)14/h1,3-12H2,2H3. The van der Waals surface area contributed by atoms with E-state index in [0.29, 0.717) is 6.61 Å². The Labute approximate surface area is 94.4 Å². The molecule has 0 bridgehead atoms. The summed E-state index contributed by atoms with van der Waals surface area (Å²) in [6.45, 7) is 5.88. The predicted molar refractivity (Wildman–Crippen MR) is 63.5 cm³/mol. The van der Waals surface area contributed by atoms with Crippen LogP contribution in [0.2, 0.25) is 0 Å². The van der Waals surface area contributed by atoms with Crippen molar-refractivity contribution in [3.8, 4) is 0 Å². The summed E-state index contributed by atoms with van der Waals surface area (Å²) < 4.78 is 4.86. The van der Waals surface area contributed by atoms with Crippen LogP contribution in [-0.2, 0) is 9.53 Å². The number of hydrogen-bond donors (Lipinski definition) is 0. The third-order valence-electron chi connectivity index (χ3n) is 2.45. The molecule has 0 fully saturated rings. The molecule has 15 heavy (non-hydrogen) atoms. The molecule has 0 atom stereocenters. The van der Waals surface area contributed by atoms with Gasteiger partial charge in [0.05, 0.1) is 6.61 Å². The van der Waals surface area contributed by atoms with Crippen LogP contribution in [0.4, 0.5) is 0 Å². The summed E-state index contributed by atoms with van der Waals surface area (Å²) in [5, 5.41) is 0. The number of unbranched alkanes of at least 4 members (excludes halogenated alkanes) is 8. The molecule has 2 heteroatoms. The molecule has 0 saturated carbocycles. The highest BCUT2D eigenvalue weighted by Crippen LogP contribution is 2.09. The second kappa shape index (κ2) is 11.5. The fourth-order valence-corrected chi connectivity index (χ4v) is 1.56. The van der Waals surface area contributed by atoms with Gasteiger partial charge in [-0.2, -0.15) is 0 Å². The van der Waals surface area contributed by atoms with E-state index < -0.39 is 0 Å². The lowest BCUT2D eigenvalue weighted by Gasteiger charge is -2.02. The molecule has 2 nitrogen and oxygen atoms in total. The Morgan fingerprint density at radius 2 is 1.40 bits per heavy atom. The monoisotopic (exact) mass is 213 g/mol. The zero-order valence-corrected chi connectivity index (χ0v) is 10.1. The highest BCUT2D eigenvalue weighted by Gasteiger charge is 1.94. The van der Waals surface area contributed by atoms with E-state index in [1.165, 1.54) is 51.9 Å². The maximum absolute atomic E-state index is 10.5. The molecule has 0 heterocycles. The molecule has 0 aliphatic carbocycles. The summed E-state index contributed by atoms with van der Waals surface area (Å²) in [4.78, 5) is 10.5. The molecule has 0 aromatic carbocycles. The van der Waals surface area contributed by atoms with Gasteiger partial charge in [0.1, 0.15) is 0 Å². The second-order valence-corrected chi connectivity index (χ2v) is 4.02. The summed E-state index contributed by atoms with van der Waals surface area (Å²) in [5.74, 6) is -0.164. The molecule has 0 aliphatic heterocycles. The third kappa shape index (κ3) is 13.5. The lowest BCUT2D eigenvalue weighted by molar-refractivity contribution is -0.141. The molecule has 0 aromatic rings. The minimum absolute atomic E-state index is 0.164. The molecular weight excluding hydrogens is 188 g/mol.